The van der Waals surface area contributed by atoms with Crippen LogP contribution >= 0.6 is 123 Å². The molecular weight excluding hydrogens is 737 g/mol. The fraction of sp³-hybridized carbons (Fsp3) is 0.500. The van der Waals surface area contributed by atoms with Crippen LogP contribution < -0.4 is 0 Å². The number of esters is 2. The summed E-state index contributed by atoms with van der Waals surface area (Å²) in [4.78, 5) is 38.0. The molecule has 0 N–H and O–H groups in total. The van der Waals surface area contributed by atoms with Gasteiger partial charge in [-0.05, 0) is 55.1 Å². The van der Waals surface area contributed by atoms with Gasteiger partial charge in [0.1, 0.15) is 31.2 Å². The maximum Gasteiger partial charge on any atom is 0.427 e. The number of carbonyl (C=O) groups is 2. The van der Waals surface area contributed by atoms with Crippen molar-refractivity contribution in [1.82, 2.24) is 0 Å². The maximum absolute atomic E-state index is 12.0. The zero-order valence-corrected chi connectivity index (χ0v) is 24.2. The van der Waals surface area contributed by atoms with Crippen molar-refractivity contribution in [3.8, 4) is 0 Å². The number of halogens is 8. The van der Waals surface area contributed by atoms with Gasteiger partial charge in [-0.25, -0.2) is 9.59 Å². The molecule has 32 heavy (non-hydrogen) atoms. The molecule has 0 aliphatic rings. The van der Waals surface area contributed by atoms with Gasteiger partial charge in [-0.1, -0.05) is 68.0 Å². The molecule has 0 saturated heterocycles. The summed E-state index contributed by atoms with van der Waals surface area (Å²) in [6.07, 6.45) is 0. The van der Waals surface area contributed by atoms with Crippen molar-refractivity contribution in [2.75, 3.05) is 24.7 Å². The SMILES string of the molecule is O=C(OCCSSCCOC(=O)C(Cl)(/C(Cl)=C(/Cl)Br)[N+](=O)[O-])C(Cl)(/C(Cl)=C(/Cl)Br)[N+](=O)[O-]. The third-order valence-corrected chi connectivity index (χ3v) is 9.08. The van der Waals surface area contributed by atoms with Crippen LogP contribution in [0.2, 0.25) is 0 Å². The molecule has 0 bridgehead atoms. The predicted molar refractivity (Wildman–Crippen MR) is 133 cm³/mol. The fourth-order valence-corrected chi connectivity index (χ4v) is 4.80. The van der Waals surface area contributed by atoms with E-state index in [0.29, 0.717) is 0 Å². The van der Waals surface area contributed by atoms with Gasteiger partial charge in [0.25, 0.3) is 0 Å². The van der Waals surface area contributed by atoms with E-state index in [4.69, 9.17) is 79.1 Å². The Kier molecular flexibility index (Phi) is 15.2. The zero-order valence-electron chi connectivity index (χ0n) is 14.8. The monoisotopic (exact) mass is 740 g/mol. The van der Waals surface area contributed by atoms with Crippen LogP contribution in [0.5, 0.6) is 0 Å². The van der Waals surface area contributed by atoms with E-state index in [1.807, 2.05) is 0 Å². The Morgan fingerprint density at radius 2 is 1.06 bits per heavy atom. The van der Waals surface area contributed by atoms with E-state index < -0.39 is 49.7 Å². The van der Waals surface area contributed by atoms with Gasteiger partial charge < -0.3 is 9.47 Å². The summed E-state index contributed by atoms with van der Waals surface area (Å²) < 4.78 is 8.62. The van der Waals surface area contributed by atoms with Crippen LogP contribution in [0.25, 0.3) is 0 Å². The molecule has 0 aromatic heterocycles. The largest absolute Gasteiger partial charge is 0.458 e. The quantitative estimate of drug-likeness (QED) is 0.0422. The van der Waals surface area contributed by atoms with E-state index in [-0.39, 0.29) is 24.7 Å². The van der Waals surface area contributed by atoms with Gasteiger partial charge in [0.2, 0.25) is 0 Å². The zero-order chi connectivity index (χ0) is 25.3. The van der Waals surface area contributed by atoms with Crippen molar-refractivity contribution in [2.24, 2.45) is 0 Å². The average molecular weight is 745 g/mol. The highest BCUT2D eigenvalue weighted by molar-refractivity contribution is 9.12. The number of ether oxygens (including phenoxy) is 2. The van der Waals surface area contributed by atoms with Crippen LogP contribution in [0.15, 0.2) is 17.9 Å². The first-order chi connectivity index (χ1) is 14.6. The van der Waals surface area contributed by atoms with Crippen molar-refractivity contribution in [3.63, 3.8) is 0 Å². The molecule has 0 spiro atoms. The Morgan fingerprint density at radius 1 is 0.781 bits per heavy atom. The number of carbonyl (C=O) groups excluding carboxylic acids is 2. The minimum atomic E-state index is -2.91. The Labute approximate surface area is 234 Å². The number of hydrogen-bond donors (Lipinski definition) is 0. The summed E-state index contributed by atoms with van der Waals surface area (Å²) in [7, 11) is 2.26. The summed E-state index contributed by atoms with van der Waals surface area (Å²) in [5.41, 5.74) is 0. The first-order valence-electron chi connectivity index (χ1n) is 7.33. The third-order valence-electron chi connectivity index (χ3n) is 2.84. The lowest BCUT2D eigenvalue weighted by Gasteiger charge is -2.16. The molecule has 0 aliphatic heterocycles. The molecule has 0 saturated carbocycles. The highest BCUT2D eigenvalue weighted by Crippen LogP contribution is 2.37. The molecule has 2 unspecified atom stereocenters. The molecule has 0 aromatic carbocycles. The van der Waals surface area contributed by atoms with Gasteiger partial charge in [-0.2, -0.15) is 0 Å². The van der Waals surface area contributed by atoms with E-state index in [9.17, 15) is 29.8 Å². The summed E-state index contributed by atoms with van der Waals surface area (Å²) in [6, 6.07) is 0. The Hall–Kier alpha value is 0.620. The lowest BCUT2D eigenvalue weighted by molar-refractivity contribution is -0.516. The van der Waals surface area contributed by atoms with Crippen molar-refractivity contribution in [2.45, 2.75) is 10.00 Å². The van der Waals surface area contributed by atoms with Crippen LogP contribution in [-0.4, -0.2) is 56.5 Å². The van der Waals surface area contributed by atoms with Crippen molar-refractivity contribution >= 4 is 135 Å². The number of hydrogen-bond acceptors (Lipinski definition) is 10. The molecule has 20 heteroatoms. The van der Waals surface area contributed by atoms with Crippen molar-refractivity contribution in [3.05, 3.63) is 38.2 Å². The summed E-state index contributed by atoms with van der Waals surface area (Å²) in [5, 5.41) is 20.7. The molecule has 0 heterocycles. The Bertz CT molecular complexity index is 763. The second-order valence-corrected chi connectivity index (χ2v) is 12.6. The second-order valence-electron chi connectivity index (χ2n) is 4.82. The number of alkyl halides is 2. The molecule has 0 radical (unpaired) electrons. The first kappa shape index (κ1) is 32.6. The molecule has 10 nitrogen and oxygen atoms in total. The van der Waals surface area contributed by atoms with Gasteiger partial charge in [-0.15, -0.1) is 0 Å². The Balaban J connectivity index is 4.51. The smallest absolute Gasteiger partial charge is 0.427 e. The highest BCUT2D eigenvalue weighted by atomic mass is 79.9. The van der Waals surface area contributed by atoms with E-state index in [0.717, 1.165) is 21.6 Å². The fourth-order valence-electron chi connectivity index (χ4n) is 1.38. The van der Waals surface area contributed by atoms with Gasteiger partial charge in [0.15, 0.2) is 0 Å². The summed E-state index contributed by atoms with van der Waals surface area (Å²) in [5.74, 6) is -2.58. The van der Waals surface area contributed by atoms with Gasteiger partial charge >= 0.3 is 21.9 Å². The van der Waals surface area contributed by atoms with E-state index in [1.165, 1.54) is 0 Å². The molecular formula is C12H8Br2Cl6N2O8S2. The van der Waals surface area contributed by atoms with Gasteiger partial charge in [0.05, 0.1) is 9.85 Å². The molecule has 2 atom stereocenters. The molecule has 0 rings (SSSR count). The minimum Gasteiger partial charge on any atom is -0.458 e. The lowest BCUT2D eigenvalue weighted by atomic mass is 10.3. The van der Waals surface area contributed by atoms with E-state index in [2.05, 4.69) is 31.9 Å². The summed E-state index contributed by atoms with van der Waals surface area (Å²) >= 11 is 38.9. The molecule has 0 amide bonds. The molecule has 0 aliphatic carbocycles. The van der Waals surface area contributed by atoms with E-state index >= 15 is 0 Å². The second kappa shape index (κ2) is 14.9. The third kappa shape index (κ3) is 8.68. The highest BCUT2D eigenvalue weighted by Gasteiger charge is 2.56. The first-order valence-corrected chi connectivity index (χ1v) is 13.7. The van der Waals surface area contributed by atoms with Gasteiger partial charge in [0, 0.05) is 11.5 Å². The van der Waals surface area contributed by atoms with Crippen molar-refractivity contribution in [1.29, 1.82) is 0 Å². The lowest BCUT2D eigenvalue weighted by Crippen LogP contribution is -2.43. The number of nitrogens with zero attached hydrogens (tertiary/aromatic N) is 2. The average Bonchev–Trinajstić information content (AvgIpc) is 2.71. The van der Waals surface area contributed by atoms with Crippen LogP contribution in [0.4, 0.5) is 0 Å². The van der Waals surface area contributed by atoms with Crippen LogP contribution in [0.3, 0.4) is 0 Å². The number of nitro groups is 2. The van der Waals surface area contributed by atoms with Crippen LogP contribution in [0.1, 0.15) is 0 Å². The van der Waals surface area contributed by atoms with Gasteiger partial charge in [-0.3, -0.25) is 20.2 Å². The molecule has 0 aromatic rings. The predicted octanol–water partition coefficient (Wildman–Crippen LogP) is 5.96. The van der Waals surface area contributed by atoms with Crippen LogP contribution in [0, 0.1) is 20.2 Å². The minimum absolute atomic E-state index is 0.153. The maximum atomic E-state index is 12.0. The topological polar surface area (TPSA) is 139 Å². The molecule has 0 fully saturated rings. The molecule has 182 valence electrons. The van der Waals surface area contributed by atoms with Crippen LogP contribution in [-0.2, 0) is 19.1 Å². The summed E-state index contributed by atoms with van der Waals surface area (Å²) in [6.45, 7) is -0.558. The van der Waals surface area contributed by atoms with Crippen molar-refractivity contribution < 1.29 is 28.9 Å². The standard InChI is InChI=1S/C12H8Br2Cl6N2O8S2/c13-7(17)5(15)11(19,21(25)26)9(23)29-1-3-31-32-4-2-30-10(24)12(20,22(27)28)6(16)8(14)18/h1-4H2/b7-5-,8-6-. The Morgan fingerprint density at radius 3 is 1.28 bits per heavy atom. The normalized spacial score (nSPS) is 16.6. The number of rotatable bonds is 13. The van der Waals surface area contributed by atoms with E-state index in [1.54, 1.807) is 0 Å².